The van der Waals surface area contributed by atoms with Gasteiger partial charge in [0.2, 0.25) is 5.91 Å². The van der Waals surface area contributed by atoms with E-state index in [4.69, 9.17) is 0 Å². The summed E-state index contributed by atoms with van der Waals surface area (Å²) in [6.07, 6.45) is 0.610. The van der Waals surface area contributed by atoms with E-state index in [2.05, 4.69) is 0 Å². The van der Waals surface area contributed by atoms with Gasteiger partial charge >= 0.3 is 0 Å². The van der Waals surface area contributed by atoms with E-state index >= 15 is 0 Å². The Kier molecular flexibility index (Phi) is 6.43. The summed E-state index contributed by atoms with van der Waals surface area (Å²) in [5.41, 5.74) is 1.32. The standard InChI is InChI=1S/C20H24FN3O3S/c1-2-24(19-10-4-3-5-11-19)20(25)16-23-13-7-12-22(28(23,26)27)15-17-8-6-9-18(21)14-17/h3-6,8-11,14H,2,7,12-13,15-16H2,1H3. The minimum Gasteiger partial charge on any atom is -0.312 e. The maximum Gasteiger partial charge on any atom is 0.282 e. The SMILES string of the molecule is CCN(C(=O)CN1CCCN(Cc2cccc(F)c2)S1(=O)=O)c1ccccc1. The van der Waals surface area contributed by atoms with Gasteiger partial charge in [-0.05, 0) is 43.2 Å². The van der Waals surface area contributed by atoms with Crippen LogP contribution in [-0.2, 0) is 21.5 Å². The fraction of sp³-hybridized carbons (Fsp3) is 0.350. The summed E-state index contributed by atoms with van der Waals surface area (Å²) in [6, 6.07) is 15.1. The fourth-order valence-corrected chi connectivity index (χ4v) is 4.96. The molecule has 28 heavy (non-hydrogen) atoms. The van der Waals surface area contributed by atoms with Crippen molar-refractivity contribution in [2.24, 2.45) is 0 Å². The van der Waals surface area contributed by atoms with Gasteiger partial charge in [0.15, 0.2) is 0 Å². The van der Waals surface area contributed by atoms with Gasteiger partial charge in [-0.3, -0.25) is 4.79 Å². The van der Waals surface area contributed by atoms with Crippen LogP contribution in [0.4, 0.5) is 10.1 Å². The van der Waals surface area contributed by atoms with Gasteiger partial charge in [0.05, 0.1) is 6.54 Å². The van der Waals surface area contributed by atoms with Gasteiger partial charge in [-0.15, -0.1) is 0 Å². The van der Waals surface area contributed by atoms with Crippen molar-refractivity contribution in [3.63, 3.8) is 0 Å². The highest BCUT2D eigenvalue weighted by Gasteiger charge is 2.35. The smallest absolute Gasteiger partial charge is 0.282 e. The number of likely N-dealkylation sites (N-methyl/N-ethyl adjacent to an activating group) is 1. The molecule has 0 atom stereocenters. The van der Waals surface area contributed by atoms with E-state index in [1.54, 1.807) is 17.0 Å². The zero-order valence-corrected chi connectivity index (χ0v) is 16.6. The van der Waals surface area contributed by atoms with Crippen LogP contribution < -0.4 is 4.90 Å². The van der Waals surface area contributed by atoms with Crippen molar-refractivity contribution >= 4 is 21.8 Å². The lowest BCUT2D eigenvalue weighted by atomic mass is 10.2. The molecular formula is C20H24FN3O3S. The lowest BCUT2D eigenvalue weighted by molar-refractivity contribution is -0.118. The number of amides is 1. The van der Waals surface area contributed by atoms with Crippen LogP contribution in [0.25, 0.3) is 0 Å². The molecule has 1 heterocycles. The number of hydrogen-bond donors (Lipinski definition) is 0. The minimum absolute atomic E-state index is 0.0843. The molecule has 0 bridgehead atoms. The van der Waals surface area contributed by atoms with Gasteiger partial charge in [0, 0.05) is 31.9 Å². The molecule has 1 aliphatic heterocycles. The van der Waals surface area contributed by atoms with Crippen LogP contribution >= 0.6 is 0 Å². The predicted octanol–water partition coefficient (Wildman–Crippen LogP) is 2.63. The summed E-state index contributed by atoms with van der Waals surface area (Å²) in [5, 5.41) is 0. The Morgan fingerprint density at radius 2 is 1.79 bits per heavy atom. The van der Waals surface area contributed by atoms with Gasteiger partial charge in [0.25, 0.3) is 10.2 Å². The molecule has 2 aromatic carbocycles. The molecule has 0 radical (unpaired) electrons. The van der Waals surface area contributed by atoms with Crippen LogP contribution in [0.1, 0.15) is 18.9 Å². The minimum atomic E-state index is -3.80. The van der Waals surface area contributed by atoms with Crippen molar-refractivity contribution < 1.29 is 17.6 Å². The molecule has 2 aromatic rings. The quantitative estimate of drug-likeness (QED) is 0.742. The molecule has 1 saturated heterocycles. The number of carbonyl (C=O) groups excluding carboxylic acids is 1. The Morgan fingerprint density at radius 1 is 1.07 bits per heavy atom. The number of para-hydroxylation sites is 1. The highest BCUT2D eigenvalue weighted by molar-refractivity contribution is 7.86. The third kappa shape index (κ3) is 4.57. The maximum absolute atomic E-state index is 13.4. The summed E-state index contributed by atoms with van der Waals surface area (Å²) in [4.78, 5) is 14.4. The van der Waals surface area contributed by atoms with Crippen molar-refractivity contribution in [1.29, 1.82) is 0 Å². The zero-order chi connectivity index (χ0) is 20.1. The van der Waals surface area contributed by atoms with Crippen LogP contribution in [0.3, 0.4) is 0 Å². The van der Waals surface area contributed by atoms with Gasteiger partial charge in [0.1, 0.15) is 5.82 Å². The van der Waals surface area contributed by atoms with Crippen LogP contribution in [-0.4, -0.2) is 49.1 Å². The number of hydrogen-bond acceptors (Lipinski definition) is 3. The van der Waals surface area contributed by atoms with Crippen LogP contribution in [0, 0.1) is 5.82 Å². The van der Waals surface area contributed by atoms with Gasteiger partial charge in [-0.1, -0.05) is 30.3 Å². The van der Waals surface area contributed by atoms with E-state index in [0.29, 0.717) is 31.6 Å². The third-order valence-electron chi connectivity index (χ3n) is 4.71. The summed E-state index contributed by atoms with van der Waals surface area (Å²) < 4.78 is 41.9. The molecule has 3 rings (SSSR count). The summed E-state index contributed by atoms with van der Waals surface area (Å²) >= 11 is 0. The maximum atomic E-state index is 13.4. The number of halogens is 1. The number of nitrogens with zero attached hydrogens (tertiary/aromatic N) is 3. The molecule has 1 fully saturated rings. The van der Waals surface area contributed by atoms with Crippen LogP contribution in [0.5, 0.6) is 0 Å². The number of carbonyl (C=O) groups is 1. The van der Waals surface area contributed by atoms with Gasteiger partial charge in [-0.2, -0.15) is 17.0 Å². The predicted molar refractivity (Wildman–Crippen MR) is 106 cm³/mol. The number of benzene rings is 2. The topological polar surface area (TPSA) is 60.9 Å². The lowest BCUT2D eigenvalue weighted by Crippen LogP contribution is -2.52. The molecule has 0 spiro atoms. The first-order chi connectivity index (χ1) is 13.4. The number of rotatable bonds is 6. The van der Waals surface area contributed by atoms with Crippen molar-refractivity contribution in [2.75, 3.05) is 31.1 Å². The molecule has 0 unspecified atom stereocenters. The molecule has 1 aliphatic rings. The lowest BCUT2D eigenvalue weighted by Gasteiger charge is -2.35. The van der Waals surface area contributed by atoms with E-state index in [0.717, 1.165) is 5.69 Å². The molecule has 0 aliphatic carbocycles. The second-order valence-corrected chi connectivity index (χ2v) is 8.56. The normalized spacial score (nSPS) is 17.4. The van der Waals surface area contributed by atoms with Crippen molar-refractivity contribution in [3.05, 3.63) is 66.0 Å². The van der Waals surface area contributed by atoms with Crippen LogP contribution in [0.15, 0.2) is 54.6 Å². The summed E-state index contributed by atoms with van der Waals surface area (Å²) in [6.45, 7) is 2.81. The van der Waals surface area contributed by atoms with Gasteiger partial charge < -0.3 is 4.90 Å². The van der Waals surface area contributed by atoms with E-state index in [-0.39, 0.29) is 19.0 Å². The van der Waals surface area contributed by atoms with E-state index in [1.165, 1.54) is 20.7 Å². The third-order valence-corrected chi connectivity index (χ3v) is 6.64. The molecule has 0 aromatic heterocycles. The Morgan fingerprint density at radius 3 is 2.46 bits per heavy atom. The molecule has 0 N–H and O–H groups in total. The van der Waals surface area contributed by atoms with Crippen molar-refractivity contribution in [1.82, 2.24) is 8.61 Å². The Labute approximate surface area is 165 Å². The zero-order valence-electron chi connectivity index (χ0n) is 15.8. The first kappa shape index (κ1) is 20.4. The largest absolute Gasteiger partial charge is 0.312 e. The second-order valence-electron chi connectivity index (χ2n) is 6.63. The molecule has 150 valence electrons. The fourth-order valence-electron chi connectivity index (χ4n) is 3.32. The summed E-state index contributed by atoms with van der Waals surface area (Å²) in [7, 11) is -3.80. The van der Waals surface area contributed by atoms with Crippen molar-refractivity contribution in [2.45, 2.75) is 19.9 Å². The molecular weight excluding hydrogens is 381 g/mol. The molecule has 0 saturated carbocycles. The Bertz CT molecular complexity index is 921. The summed E-state index contributed by atoms with van der Waals surface area (Å²) in [5.74, 6) is -0.676. The van der Waals surface area contributed by atoms with E-state index in [1.807, 2.05) is 37.3 Å². The molecule has 1 amide bonds. The highest BCUT2D eigenvalue weighted by Crippen LogP contribution is 2.21. The van der Waals surface area contributed by atoms with E-state index < -0.39 is 16.0 Å². The first-order valence-corrected chi connectivity index (χ1v) is 10.7. The molecule has 8 heteroatoms. The second kappa shape index (κ2) is 8.81. The van der Waals surface area contributed by atoms with Crippen LogP contribution in [0.2, 0.25) is 0 Å². The number of anilines is 1. The van der Waals surface area contributed by atoms with Gasteiger partial charge in [-0.25, -0.2) is 4.39 Å². The average molecular weight is 405 g/mol. The Hall–Kier alpha value is -2.29. The highest BCUT2D eigenvalue weighted by atomic mass is 32.2. The first-order valence-electron chi connectivity index (χ1n) is 9.27. The Balaban J connectivity index is 1.73. The molecule has 6 nitrogen and oxygen atoms in total. The van der Waals surface area contributed by atoms with E-state index in [9.17, 15) is 17.6 Å². The van der Waals surface area contributed by atoms with Crippen molar-refractivity contribution in [3.8, 4) is 0 Å². The average Bonchev–Trinajstić information content (AvgIpc) is 2.67. The monoisotopic (exact) mass is 405 g/mol.